The molecular formula is C19H18ClN5O2S. The lowest BCUT2D eigenvalue weighted by Crippen LogP contribution is -2.25. The number of anilines is 1. The molecule has 7 nitrogen and oxygen atoms in total. The summed E-state index contributed by atoms with van der Waals surface area (Å²) in [6, 6.07) is 17.3. The van der Waals surface area contributed by atoms with Gasteiger partial charge in [0.1, 0.15) is 17.5 Å². The van der Waals surface area contributed by atoms with E-state index in [0.29, 0.717) is 29.1 Å². The van der Waals surface area contributed by atoms with Gasteiger partial charge in [-0.2, -0.15) is 10.4 Å². The van der Waals surface area contributed by atoms with Gasteiger partial charge in [0.25, 0.3) is 0 Å². The zero-order valence-corrected chi connectivity index (χ0v) is 16.4. The Bertz CT molecular complexity index is 1100. The third-order valence-corrected chi connectivity index (χ3v) is 5.84. The zero-order chi connectivity index (χ0) is 20.1. The molecule has 28 heavy (non-hydrogen) atoms. The SMILES string of the molecule is N#Cc1c(CCCNS(=O)(=O)c2ccc(Cl)cc2)nn(-c2ccccc2)c1N. The number of para-hydroxylation sites is 1. The Morgan fingerprint density at radius 1 is 1.14 bits per heavy atom. The quantitative estimate of drug-likeness (QED) is 0.576. The van der Waals surface area contributed by atoms with Crippen molar-refractivity contribution in [2.45, 2.75) is 17.7 Å². The average Bonchev–Trinajstić information content (AvgIpc) is 3.01. The maximum Gasteiger partial charge on any atom is 0.240 e. The highest BCUT2D eigenvalue weighted by Crippen LogP contribution is 2.21. The number of nitrogen functional groups attached to an aromatic ring is 1. The molecule has 0 aliphatic carbocycles. The molecule has 3 N–H and O–H groups in total. The number of nitrogens with one attached hydrogen (secondary N) is 1. The molecule has 0 bridgehead atoms. The summed E-state index contributed by atoms with van der Waals surface area (Å²) >= 11 is 5.78. The Morgan fingerprint density at radius 2 is 1.82 bits per heavy atom. The molecule has 3 aromatic rings. The van der Waals surface area contributed by atoms with Gasteiger partial charge >= 0.3 is 0 Å². The zero-order valence-electron chi connectivity index (χ0n) is 14.8. The van der Waals surface area contributed by atoms with Gasteiger partial charge in [-0.25, -0.2) is 17.8 Å². The average molecular weight is 416 g/mol. The minimum Gasteiger partial charge on any atom is -0.382 e. The first kappa shape index (κ1) is 19.9. The highest BCUT2D eigenvalue weighted by molar-refractivity contribution is 7.89. The second kappa shape index (κ2) is 8.44. The third kappa shape index (κ3) is 4.34. The molecule has 2 aromatic carbocycles. The highest BCUT2D eigenvalue weighted by atomic mass is 35.5. The number of benzene rings is 2. The van der Waals surface area contributed by atoms with E-state index in [1.54, 1.807) is 0 Å². The van der Waals surface area contributed by atoms with Crippen LogP contribution >= 0.6 is 11.6 Å². The largest absolute Gasteiger partial charge is 0.382 e. The summed E-state index contributed by atoms with van der Waals surface area (Å²) in [6.45, 7) is 0.202. The smallest absolute Gasteiger partial charge is 0.240 e. The predicted molar refractivity (Wildman–Crippen MR) is 108 cm³/mol. The lowest BCUT2D eigenvalue weighted by Gasteiger charge is -2.06. The predicted octanol–water partition coefficient (Wildman–Crippen LogP) is 2.89. The molecule has 0 spiro atoms. The van der Waals surface area contributed by atoms with Crippen molar-refractivity contribution in [3.05, 3.63) is 70.9 Å². The number of aromatic nitrogens is 2. The molecule has 9 heteroatoms. The van der Waals surface area contributed by atoms with Crippen molar-refractivity contribution in [2.75, 3.05) is 12.3 Å². The van der Waals surface area contributed by atoms with E-state index in [0.717, 1.165) is 5.69 Å². The molecule has 0 aliphatic rings. The third-order valence-electron chi connectivity index (χ3n) is 4.11. The molecule has 1 aromatic heterocycles. The molecule has 0 unspecified atom stereocenters. The summed E-state index contributed by atoms with van der Waals surface area (Å²) in [6.07, 6.45) is 0.878. The normalized spacial score (nSPS) is 11.3. The Morgan fingerprint density at radius 3 is 2.46 bits per heavy atom. The number of nitriles is 1. The van der Waals surface area contributed by atoms with Crippen molar-refractivity contribution in [3.63, 3.8) is 0 Å². The molecule has 0 amide bonds. The first-order valence-corrected chi connectivity index (χ1v) is 10.4. The van der Waals surface area contributed by atoms with Gasteiger partial charge in [-0.05, 0) is 49.2 Å². The van der Waals surface area contributed by atoms with Gasteiger partial charge in [-0.1, -0.05) is 29.8 Å². The maximum absolute atomic E-state index is 12.3. The molecule has 3 rings (SSSR count). The Balaban J connectivity index is 1.67. The van der Waals surface area contributed by atoms with Crippen LogP contribution in [-0.2, 0) is 16.4 Å². The molecule has 0 atom stereocenters. The van der Waals surface area contributed by atoms with Crippen LogP contribution in [0.2, 0.25) is 5.02 Å². The first-order valence-electron chi connectivity index (χ1n) is 8.50. The number of aryl methyl sites for hydroxylation is 1. The summed E-state index contributed by atoms with van der Waals surface area (Å²) in [5.41, 5.74) is 7.67. The molecule has 0 saturated carbocycles. The van der Waals surface area contributed by atoms with Crippen LogP contribution in [0.4, 0.5) is 5.82 Å². The van der Waals surface area contributed by atoms with Gasteiger partial charge in [-0.3, -0.25) is 0 Å². The van der Waals surface area contributed by atoms with Crippen LogP contribution in [-0.4, -0.2) is 24.7 Å². The van der Waals surface area contributed by atoms with Crippen molar-refractivity contribution in [1.29, 1.82) is 5.26 Å². The van der Waals surface area contributed by atoms with E-state index in [1.807, 2.05) is 30.3 Å². The summed E-state index contributed by atoms with van der Waals surface area (Å²) in [4.78, 5) is 0.146. The minimum absolute atomic E-state index is 0.146. The van der Waals surface area contributed by atoms with Crippen molar-refractivity contribution in [1.82, 2.24) is 14.5 Å². The maximum atomic E-state index is 12.3. The van der Waals surface area contributed by atoms with Crippen LogP contribution < -0.4 is 10.5 Å². The number of hydrogen-bond donors (Lipinski definition) is 2. The summed E-state index contributed by atoms with van der Waals surface area (Å²) < 4.78 is 28.6. The van der Waals surface area contributed by atoms with Gasteiger partial charge in [0.15, 0.2) is 0 Å². The Labute approximate surface area is 168 Å². The van der Waals surface area contributed by atoms with E-state index in [4.69, 9.17) is 17.3 Å². The molecule has 0 radical (unpaired) electrons. The van der Waals surface area contributed by atoms with E-state index < -0.39 is 10.0 Å². The standard InChI is InChI=1S/C19H18ClN5O2S/c20-14-8-10-16(11-9-14)28(26,27)23-12-4-7-18-17(13-21)19(22)25(24-18)15-5-2-1-3-6-15/h1-3,5-6,8-11,23H,4,7,12,22H2. The summed E-state index contributed by atoms with van der Waals surface area (Å²) in [7, 11) is -3.62. The molecule has 1 heterocycles. The summed E-state index contributed by atoms with van der Waals surface area (Å²) in [5, 5.41) is 14.3. The number of nitrogens with two attached hydrogens (primary N) is 1. The molecular weight excluding hydrogens is 398 g/mol. The fraction of sp³-hybridized carbons (Fsp3) is 0.158. The van der Waals surface area contributed by atoms with E-state index in [9.17, 15) is 13.7 Å². The molecule has 144 valence electrons. The van der Waals surface area contributed by atoms with Crippen LogP contribution in [0.3, 0.4) is 0 Å². The van der Waals surface area contributed by atoms with Crippen LogP contribution in [0.1, 0.15) is 17.7 Å². The van der Waals surface area contributed by atoms with Crippen LogP contribution in [0.15, 0.2) is 59.5 Å². The molecule has 0 aliphatic heterocycles. The Hall–Kier alpha value is -2.86. The number of sulfonamides is 1. The Kier molecular flexibility index (Phi) is 5.99. The second-order valence-corrected chi connectivity index (χ2v) is 8.22. The fourth-order valence-corrected chi connectivity index (χ4v) is 3.90. The highest BCUT2D eigenvalue weighted by Gasteiger charge is 2.17. The van der Waals surface area contributed by atoms with Gasteiger partial charge < -0.3 is 5.73 Å². The lowest BCUT2D eigenvalue weighted by atomic mass is 10.1. The van der Waals surface area contributed by atoms with Crippen molar-refractivity contribution < 1.29 is 8.42 Å². The molecule has 0 fully saturated rings. The minimum atomic E-state index is -3.62. The van der Waals surface area contributed by atoms with Crippen LogP contribution in [0, 0.1) is 11.3 Å². The lowest BCUT2D eigenvalue weighted by molar-refractivity contribution is 0.578. The van der Waals surface area contributed by atoms with E-state index in [2.05, 4.69) is 15.9 Å². The van der Waals surface area contributed by atoms with Crippen LogP contribution in [0.5, 0.6) is 0 Å². The number of halogens is 1. The summed E-state index contributed by atoms with van der Waals surface area (Å²) in [5.74, 6) is 0.269. The van der Waals surface area contributed by atoms with Gasteiger partial charge in [0.2, 0.25) is 10.0 Å². The van der Waals surface area contributed by atoms with Crippen LogP contribution in [0.25, 0.3) is 5.69 Å². The van der Waals surface area contributed by atoms with Crippen molar-refractivity contribution in [2.24, 2.45) is 0 Å². The van der Waals surface area contributed by atoms with Gasteiger partial charge in [-0.15, -0.1) is 0 Å². The number of hydrogen-bond acceptors (Lipinski definition) is 5. The number of nitrogens with zero attached hydrogens (tertiary/aromatic N) is 3. The van der Waals surface area contributed by atoms with Gasteiger partial charge in [0, 0.05) is 11.6 Å². The van der Waals surface area contributed by atoms with E-state index in [1.165, 1.54) is 28.9 Å². The monoisotopic (exact) mass is 415 g/mol. The first-order chi connectivity index (χ1) is 13.4. The van der Waals surface area contributed by atoms with Crippen molar-refractivity contribution >= 4 is 27.4 Å². The van der Waals surface area contributed by atoms with Gasteiger partial charge in [0.05, 0.1) is 16.3 Å². The van der Waals surface area contributed by atoms with E-state index in [-0.39, 0.29) is 17.3 Å². The van der Waals surface area contributed by atoms with Crippen molar-refractivity contribution in [3.8, 4) is 11.8 Å². The fourth-order valence-electron chi connectivity index (χ4n) is 2.70. The van der Waals surface area contributed by atoms with E-state index >= 15 is 0 Å². The number of rotatable bonds is 7. The topological polar surface area (TPSA) is 114 Å². The molecule has 0 saturated heterocycles. The second-order valence-electron chi connectivity index (χ2n) is 6.02.